The standard InChI is InChI=1S/C44H36F7N9O2S/c45-24-15-22(16-25(46)19-24)17-32(53-34(61)21-60-38-35(37(57-60)44(49,50)51)27-2-4-31(27)43(38,47)48)36-28(23-1-3-30-29(18-23)40(62)56-42(30)7-8-42)20-33-39(54-36)55-41(63-33)59-13-11-58(12-14-59)26-5-9-52-10-6-26/h1,3,5-6,9-10,15-16,18-20,27,31-32H,2,4,7-8,11-14,17,21H2,(H,53,61)(H,56,62)/t27-,31+,32-/m0/s1. The fourth-order valence-corrected chi connectivity index (χ4v) is 10.9. The number of aromatic nitrogens is 5. The SMILES string of the molecule is O=C(Cn1nc(C(F)(F)F)c2c1C(F)(F)[C@@H]1CC[C@H]21)N[C@@H](Cc1cc(F)cc(F)c1)c1nc2nc(N3CCN(c4ccncc4)CC3)sc2cc1-c1ccc2c(c1)C(=O)NC21CC1. The van der Waals surface area contributed by atoms with E-state index in [9.17, 15) is 31.5 Å². The molecular formula is C44H36F7N9O2S. The number of thiazole rings is 1. The molecule has 0 radical (unpaired) electrons. The summed E-state index contributed by atoms with van der Waals surface area (Å²) in [5, 5.41) is 10.1. The van der Waals surface area contributed by atoms with E-state index in [1.54, 1.807) is 18.5 Å². The van der Waals surface area contributed by atoms with Gasteiger partial charge in [-0.1, -0.05) is 23.5 Å². The smallest absolute Gasteiger partial charge is 0.368 e. The number of fused-ring (bicyclic) bond motifs is 6. The Balaban J connectivity index is 0.996. The molecule has 6 heterocycles. The number of benzene rings is 2. The molecule has 2 saturated carbocycles. The zero-order valence-electron chi connectivity index (χ0n) is 33.2. The molecule has 3 aliphatic carbocycles. The number of hydrogen-bond acceptors (Lipinski definition) is 9. The fraction of sp³-hybridized carbons (Fsp3) is 0.364. The molecule has 19 heteroatoms. The van der Waals surface area contributed by atoms with Crippen molar-refractivity contribution in [3.8, 4) is 11.1 Å². The van der Waals surface area contributed by atoms with E-state index in [0.29, 0.717) is 69.1 Å². The minimum Gasteiger partial charge on any atom is -0.368 e. The van der Waals surface area contributed by atoms with Crippen LogP contribution in [0.4, 0.5) is 41.6 Å². The van der Waals surface area contributed by atoms with Crippen molar-refractivity contribution in [2.24, 2.45) is 5.92 Å². The van der Waals surface area contributed by atoms with Crippen LogP contribution in [0.25, 0.3) is 21.5 Å². The van der Waals surface area contributed by atoms with Gasteiger partial charge < -0.3 is 20.4 Å². The minimum absolute atomic E-state index is 0.0323. The second-order valence-corrected chi connectivity index (χ2v) is 18.0. The van der Waals surface area contributed by atoms with E-state index in [2.05, 4.69) is 30.5 Å². The Bertz CT molecular complexity index is 2830. The van der Waals surface area contributed by atoms with Gasteiger partial charge in [-0.2, -0.15) is 32.0 Å². The lowest BCUT2D eigenvalue weighted by Gasteiger charge is -2.35. The van der Waals surface area contributed by atoms with Crippen LogP contribution >= 0.6 is 11.3 Å². The molecule has 2 aliphatic heterocycles. The number of rotatable bonds is 9. The van der Waals surface area contributed by atoms with Gasteiger partial charge in [0.1, 0.15) is 23.9 Å². The number of carbonyl (C=O) groups is 2. The van der Waals surface area contributed by atoms with E-state index in [0.717, 1.165) is 36.2 Å². The third-order valence-electron chi connectivity index (χ3n) is 13.2. The molecule has 63 heavy (non-hydrogen) atoms. The summed E-state index contributed by atoms with van der Waals surface area (Å²) in [6, 6.07) is 12.7. The highest BCUT2D eigenvalue weighted by Crippen LogP contribution is 2.64. The van der Waals surface area contributed by atoms with Crippen LogP contribution < -0.4 is 20.4 Å². The zero-order chi connectivity index (χ0) is 43.6. The van der Waals surface area contributed by atoms with Crippen LogP contribution in [0.2, 0.25) is 0 Å². The zero-order valence-corrected chi connectivity index (χ0v) is 34.0. The maximum atomic E-state index is 15.7. The van der Waals surface area contributed by atoms with Gasteiger partial charge in [0, 0.05) is 72.9 Å². The quantitative estimate of drug-likeness (QED) is 0.140. The number of carbonyl (C=O) groups excluding carboxylic acids is 2. The van der Waals surface area contributed by atoms with Crippen LogP contribution in [0.15, 0.2) is 67.0 Å². The van der Waals surface area contributed by atoms with Crippen LogP contribution in [-0.2, 0) is 35.4 Å². The third kappa shape index (κ3) is 6.68. The highest BCUT2D eigenvalue weighted by molar-refractivity contribution is 7.22. The molecule has 2 amide bonds. The van der Waals surface area contributed by atoms with Crippen molar-refractivity contribution < 1.29 is 40.3 Å². The Morgan fingerprint density at radius 2 is 1.65 bits per heavy atom. The van der Waals surface area contributed by atoms with E-state index >= 15 is 8.78 Å². The summed E-state index contributed by atoms with van der Waals surface area (Å²) in [5.41, 5.74) is 0.535. The fourth-order valence-electron chi connectivity index (χ4n) is 9.91. The Hall–Kier alpha value is -6.11. The van der Waals surface area contributed by atoms with Crippen molar-refractivity contribution in [3.63, 3.8) is 0 Å². The van der Waals surface area contributed by atoms with Crippen LogP contribution in [0, 0.1) is 17.6 Å². The topological polar surface area (TPSA) is 121 Å². The van der Waals surface area contributed by atoms with Gasteiger partial charge in [-0.05, 0) is 91.1 Å². The molecule has 0 unspecified atom stereocenters. The van der Waals surface area contributed by atoms with Gasteiger partial charge in [0.25, 0.3) is 11.8 Å². The van der Waals surface area contributed by atoms with E-state index in [1.165, 1.54) is 11.3 Å². The summed E-state index contributed by atoms with van der Waals surface area (Å²) in [4.78, 5) is 45.8. The van der Waals surface area contributed by atoms with Gasteiger partial charge in [0.2, 0.25) is 5.91 Å². The summed E-state index contributed by atoms with van der Waals surface area (Å²) >= 11 is 1.39. The normalized spacial score (nSPS) is 20.9. The first-order chi connectivity index (χ1) is 30.1. The third-order valence-corrected chi connectivity index (χ3v) is 14.2. The van der Waals surface area contributed by atoms with Gasteiger partial charge in [-0.25, -0.2) is 13.8 Å². The molecule has 11 nitrogen and oxygen atoms in total. The average molecular weight is 888 g/mol. The molecule has 3 fully saturated rings. The lowest BCUT2D eigenvalue weighted by molar-refractivity contribution is -0.144. The summed E-state index contributed by atoms with van der Waals surface area (Å²) < 4.78 is 105. The molecule has 4 aromatic heterocycles. The highest BCUT2D eigenvalue weighted by Gasteiger charge is 2.63. The van der Waals surface area contributed by atoms with Crippen molar-refractivity contribution in [1.29, 1.82) is 0 Å². The van der Waals surface area contributed by atoms with Gasteiger partial charge in [0.05, 0.1) is 22.0 Å². The lowest BCUT2D eigenvalue weighted by Crippen LogP contribution is -2.46. The van der Waals surface area contributed by atoms with E-state index in [-0.39, 0.29) is 36.4 Å². The number of alkyl halides is 5. The number of nitrogens with zero attached hydrogens (tertiary/aromatic N) is 7. The molecule has 0 bridgehead atoms. The van der Waals surface area contributed by atoms with Gasteiger partial charge in [-0.3, -0.25) is 19.3 Å². The largest absolute Gasteiger partial charge is 0.435 e. The highest BCUT2D eigenvalue weighted by atomic mass is 32.1. The van der Waals surface area contributed by atoms with Crippen LogP contribution in [0.1, 0.15) is 81.8 Å². The Morgan fingerprint density at radius 1 is 0.921 bits per heavy atom. The summed E-state index contributed by atoms with van der Waals surface area (Å²) in [7, 11) is 0. The van der Waals surface area contributed by atoms with Gasteiger partial charge >= 0.3 is 6.18 Å². The van der Waals surface area contributed by atoms with Gasteiger partial charge in [0.15, 0.2) is 16.5 Å². The molecule has 1 saturated heterocycles. The number of pyridine rings is 2. The Morgan fingerprint density at radius 3 is 2.33 bits per heavy atom. The minimum atomic E-state index is -5.05. The second kappa shape index (κ2) is 14.2. The number of piperazine rings is 1. The predicted molar refractivity (Wildman–Crippen MR) is 217 cm³/mol. The average Bonchev–Trinajstić information content (AvgIpc) is 3.50. The first-order valence-corrected chi connectivity index (χ1v) is 21.5. The predicted octanol–water partition coefficient (Wildman–Crippen LogP) is 8.01. The first-order valence-electron chi connectivity index (χ1n) is 20.6. The monoisotopic (exact) mass is 887 g/mol. The first kappa shape index (κ1) is 39.7. The van der Waals surface area contributed by atoms with E-state index in [1.807, 2.05) is 30.3 Å². The Kier molecular flexibility index (Phi) is 8.95. The maximum Gasteiger partial charge on any atom is 0.435 e. The van der Waals surface area contributed by atoms with Crippen molar-refractivity contribution in [3.05, 3.63) is 118 Å². The van der Waals surface area contributed by atoms with Crippen molar-refractivity contribution in [2.75, 3.05) is 36.0 Å². The maximum absolute atomic E-state index is 15.7. The number of anilines is 2. The van der Waals surface area contributed by atoms with Crippen molar-refractivity contribution >= 4 is 44.3 Å². The van der Waals surface area contributed by atoms with Crippen molar-refractivity contribution in [2.45, 2.75) is 68.2 Å². The van der Waals surface area contributed by atoms with E-state index in [4.69, 9.17) is 9.97 Å². The molecule has 324 valence electrons. The number of hydrogen-bond donors (Lipinski definition) is 2. The summed E-state index contributed by atoms with van der Waals surface area (Å²) in [6.07, 6.45) is -0.0895. The van der Waals surface area contributed by atoms with Crippen LogP contribution in [0.5, 0.6) is 0 Å². The van der Waals surface area contributed by atoms with Crippen LogP contribution in [0.3, 0.4) is 0 Å². The molecule has 5 aliphatic rings. The second-order valence-electron chi connectivity index (χ2n) is 17.0. The molecular weight excluding hydrogens is 852 g/mol. The lowest BCUT2D eigenvalue weighted by atomic mass is 9.73. The van der Waals surface area contributed by atoms with Crippen LogP contribution in [-0.4, -0.2) is 62.7 Å². The Labute approximate surface area is 358 Å². The molecule has 3 atom stereocenters. The number of nitrogens with one attached hydrogen (secondary N) is 2. The van der Waals surface area contributed by atoms with Crippen molar-refractivity contribution in [1.82, 2.24) is 35.4 Å². The molecule has 11 rings (SSSR count). The molecule has 1 spiro atoms. The number of amides is 2. The molecule has 2 aromatic carbocycles. The molecule has 6 aromatic rings. The number of halogens is 7. The van der Waals surface area contributed by atoms with Gasteiger partial charge in [-0.15, -0.1) is 0 Å². The summed E-state index contributed by atoms with van der Waals surface area (Å²) in [5.74, 6) is -9.04. The van der Waals surface area contributed by atoms with E-state index < -0.39 is 76.6 Å². The summed E-state index contributed by atoms with van der Waals surface area (Å²) in [6.45, 7) is 1.69. The molecule has 2 N–H and O–H groups in total.